The van der Waals surface area contributed by atoms with Crippen LogP contribution >= 0.6 is 0 Å². The van der Waals surface area contributed by atoms with Crippen molar-refractivity contribution < 1.29 is 9.47 Å². The zero-order valence-corrected chi connectivity index (χ0v) is 16.0. The molecule has 0 saturated heterocycles. The second kappa shape index (κ2) is 8.01. The van der Waals surface area contributed by atoms with Crippen LogP contribution in [0.1, 0.15) is 36.8 Å². The number of H-pyrrole nitrogens is 1. The number of methoxy groups -OCH3 is 1. The molecule has 2 atom stereocenters. The van der Waals surface area contributed by atoms with Gasteiger partial charge in [0.15, 0.2) is 0 Å². The molecule has 142 valence electrons. The monoisotopic (exact) mass is 365 g/mol. The molecule has 2 aromatic carbocycles. The fraction of sp³-hybridized carbons (Fsp3) is 0.409. The molecule has 1 aromatic heterocycles. The van der Waals surface area contributed by atoms with Crippen molar-refractivity contribution in [3.8, 4) is 11.5 Å². The summed E-state index contributed by atoms with van der Waals surface area (Å²) in [5.41, 5.74) is 3.41. The molecule has 27 heavy (non-hydrogen) atoms. The van der Waals surface area contributed by atoms with E-state index in [9.17, 15) is 0 Å². The maximum Gasteiger partial charge on any atom is 0.123 e. The van der Waals surface area contributed by atoms with Crippen molar-refractivity contribution in [1.29, 1.82) is 0 Å². The van der Waals surface area contributed by atoms with Crippen LogP contribution in [0.4, 0.5) is 0 Å². The summed E-state index contributed by atoms with van der Waals surface area (Å²) in [6.45, 7) is 2.93. The molecule has 0 aliphatic heterocycles. The lowest BCUT2D eigenvalue weighted by molar-refractivity contribution is 0.133. The molecule has 0 amide bonds. The van der Waals surface area contributed by atoms with E-state index >= 15 is 0 Å². The van der Waals surface area contributed by atoms with Crippen LogP contribution in [0.15, 0.2) is 42.6 Å². The number of rotatable bonds is 6. The van der Waals surface area contributed by atoms with E-state index in [1.54, 1.807) is 7.11 Å². The SMILES string of the molecule is COc1ccccc1CN[C@H]1CCC[C@@H](Oc2ccc3[nH]ncc3c2C)C1. The van der Waals surface area contributed by atoms with Crippen molar-refractivity contribution in [3.05, 3.63) is 53.7 Å². The van der Waals surface area contributed by atoms with Gasteiger partial charge in [0, 0.05) is 29.1 Å². The van der Waals surface area contributed by atoms with E-state index in [1.165, 1.54) is 18.4 Å². The topological polar surface area (TPSA) is 59.2 Å². The Bertz CT molecular complexity index is 905. The molecule has 5 heteroatoms. The van der Waals surface area contributed by atoms with E-state index in [2.05, 4.69) is 40.6 Å². The van der Waals surface area contributed by atoms with E-state index < -0.39 is 0 Å². The number of aromatic amines is 1. The summed E-state index contributed by atoms with van der Waals surface area (Å²) in [5, 5.41) is 12.0. The normalized spacial score (nSPS) is 19.9. The summed E-state index contributed by atoms with van der Waals surface area (Å²) < 4.78 is 11.8. The van der Waals surface area contributed by atoms with Crippen LogP contribution < -0.4 is 14.8 Å². The van der Waals surface area contributed by atoms with Crippen molar-refractivity contribution in [2.24, 2.45) is 0 Å². The van der Waals surface area contributed by atoms with E-state index in [1.807, 2.05) is 24.4 Å². The quantitative estimate of drug-likeness (QED) is 0.681. The molecule has 4 rings (SSSR count). The number of fused-ring (bicyclic) bond motifs is 1. The summed E-state index contributed by atoms with van der Waals surface area (Å²) in [6, 6.07) is 12.8. The van der Waals surface area contributed by atoms with Gasteiger partial charge in [0.25, 0.3) is 0 Å². The maximum atomic E-state index is 6.38. The highest BCUT2D eigenvalue weighted by molar-refractivity contribution is 5.83. The Hall–Kier alpha value is -2.53. The molecular weight excluding hydrogens is 338 g/mol. The molecule has 1 aliphatic rings. The minimum absolute atomic E-state index is 0.247. The molecule has 1 saturated carbocycles. The van der Waals surface area contributed by atoms with Gasteiger partial charge >= 0.3 is 0 Å². The highest BCUT2D eigenvalue weighted by atomic mass is 16.5. The number of hydrogen-bond acceptors (Lipinski definition) is 4. The first-order valence-electron chi connectivity index (χ1n) is 9.69. The van der Waals surface area contributed by atoms with Gasteiger partial charge in [-0.3, -0.25) is 5.10 Å². The average Bonchev–Trinajstić information content (AvgIpc) is 3.19. The number of aromatic nitrogens is 2. The van der Waals surface area contributed by atoms with Crippen molar-refractivity contribution in [2.45, 2.75) is 51.3 Å². The van der Waals surface area contributed by atoms with E-state index in [4.69, 9.17) is 9.47 Å². The predicted molar refractivity (Wildman–Crippen MR) is 107 cm³/mol. The first kappa shape index (κ1) is 17.9. The van der Waals surface area contributed by atoms with Gasteiger partial charge in [-0.05, 0) is 50.8 Å². The summed E-state index contributed by atoms with van der Waals surface area (Å²) in [5.74, 6) is 1.91. The number of ether oxygens (including phenoxy) is 2. The highest BCUT2D eigenvalue weighted by Crippen LogP contribution is 2.30. The van der Waals surface area contributed by atoms with Crippen molar-refractivity contribution in [1.82, 2.24) is 15.5 Å². The number of aryl methyl sites for hydroxylation is 1. The van der Waals surface area contributed by atoms with Crippen molar-refractivity contribution in [2.75, 3.05) is 7.11 Å². The molecule has 0 radical (unpaired) electrons. The van der Waals surface area contributed by atoms with Crippen LogP contribution in [0.2, 0.25) is 0 Å². The third kappa shape index (κ3) is 3.93. The molecule has 1 heterocycles. The van der Waals surface area contributed by atoms with Crippen LogP contribution in [0.3, 0.4) is 0 Å². The number of hydrogen-bond donors (Lipinski definition) is 2. The first-order chi connectivity index (χ1) is 13.2. The minimum atomic E-state index is 0.247. The van der Waals surface area contributed by atoms with Crippen LogP contribution in [0.5, 0.6) is 11.5 Å². The number of nitrogens with zero attached hydrogens (tertiary/aromatic N) is 1. The summed E-state index contributed by atoms with van der Waals surface area (Å²) >= 11 is 0. The molecular formula is C22H27N3O2. The molecule has 0 unspecified atom stereocenters. The molecule has 2 N–H and O–H groups in total. The van der Waals surface area contributed by atoms with E-state index in [0.29, 0.717) is 6.04 Å². The standard InChI is InChI=1S/C22H27N3O2/c1-15-19-14-24-25-20(19)10-11-21(15)27-18-8-5-7-17(12-18)23-13-16-6-3-4-9-22(16)26-2/h3-4,6,9-11,14,17-18,23H,5,7-8,12-13H2,1-2H3,(H,24,25)/t17-,18+/m0/s1. The van der Waals surface area contributed by atoms with Crippen LogP contribution in [0, 0.1) is 6.92 Å². The summed E-state index contributed by atoms with van der Waals surface area (Å²) in [4.78, 5) is 0. The molecule has 5 nitrogen and oxygen atoms in total. The predicted octanol–water partition coefficient (Wildman–Crippen LogP) is 4.36. The van der Waals surface area contributed by atoms with E-state index in [-0.39, 0.29) is 6.10 Å². The third-order valence-corrected chi connectivity index (χ3v) is 5.54. The van der Waals surface area contributed by atoms with Gasteiger partial charge in [-0.1, -0.05) is 18.2 Å². The largest absolute Gasteiger partial charge is 0.496 e. The lowest BCUT2D eigenvalue weighted by atomic mass is 9.92. The molecule has 1 fully saturated rings. The highest BCUT2D eigenvalue weighted by Gasteiger charge is 2.24. The van der Waals surface area contributed by atoms with Gasteiger partial charge in [-0.2, -0.15) is 5.10 Å². The fourth-order valence-corrected chi connectivity index (χ4v) is 3.99. The van der Waals surface area contributed by atoms with Crippen molar-refractivity contribution >= 4 is 10.9 Å². The van der Waals surface area contributed by atoms with Crippen LogP contribution in [-0.4, -0.2) is 29.5 Å². The van der Waals surface area contributed by atoms with Gasteiger partial charge in [0.05, 0.1) is 18.8 Å². The smallest absolute Gasteiger partial charge is 0.123 e. The zero-order valence-electron chi connectivity index (χ0n) is 16.0. The summed E-state index contributed by atoms with van der Waals surface area (Å²) in [7, 11) is 1.72. The van der Waals surface area contributed by atoms with Gasteiger partial charge in [0.1, 0.15) is 17.6 Å². The van der Waals surface area contributed by atoms with Gasteiger partial charge < -0.3 is 14.8 Å². The van der Waals surface area contributed by atoms with Crippen LogP contribution in [0.25, 0.3) is 10.9 Å². The average molecular weight is 365 g/mol. The zero-order chi connectivity index (χ0) is 18.6. The number of para-hydroxylation sites is 1. The Morgan fingerprint density at radius 2 is 2.04 bits per heavy atom. The lowest BCUT2D eigenvalue weighted by Gasteiger charge is -2.31. The number of nitrogens with one attached hydrogen (secondary N) is 2. The van der Waals surface area contributed by atoms with Gasteiger partial charge in [-0.25, -0.2) is 0 Å². The van der Waals surface area contributed by atoms with Crippen LogP contribution in [-0.2, 0) is 6.54 Å². The fourth-order valence-electron chi connectivity index (χ4n) is 3.99. The lowest BCUT2D eigenvalue weighted by Crippen LogP contribution is -2.37. The summed E-state index contributed by atoms with van der Waals surface area (Å²) in [6.07, 6.45) is 6.62. The second-order valence-electron chi connectivity index (χ2n) is 7.32. The Balaban J connectivity index is 1.38. The Labute approximate surface area is 160 Å². The third-order valence-electron chi connectivity index (χ3n) is 5.54. The first-order valence-corrected chi connectivity index (χ1v) is 9.69. The number of benzene rings is 2. The molecule has 1 aliphatic carbocycles. The Morgan fingerprint density at radius 1 is 1.15 bits per heavy atom. The van der Waals surface area contributed by atoms with Gasteiger partial charge in [-0.15, -0.1) is 0 Å². The second-order valence-corrected chi connectivity index (χ2v) is 7.32. The van der Waals surface area contributed by atoms with E-state index in [0.717, 1.165) is 47.4 Å². The maximum absolute atomic E-state index is 6.38. The van der Waals surface area contributed by atoms with Crippen molar-refractivity contribution in [3.63, 3.8) is 0 Å². The molecule has 3 aromatic rings. The Kier molecular flexibility index (Phi) is 5.30. The Morgan fingerprint density at radius 3 is 2.93 bits per heavy atom. The minimum Gasteiger partial charge on any atom is -0.496 e. The molecule has 0 spiro atoms. The molecule has 0 bridgehead atoms. The van der Waals surface area contributed by atoms with Gasteiger partial charge in [0.2, 0.25) is 0 Å².